The molecule has 0 aliphatic carbocycles. The van der Waals surface area contributed by atoms with Gasteiger partial charge in [-0.2, -0.15) is 0 Å². The van der Waals surface area contributed by atoms with Gasteiger partial charge in [0.15, 0.2) is 0 Å². The van der Waals surface area contributed by atoms with E-state index in [-0.39, 0.29) is 5.78 Å². The number of hydrogen-bond donors (Lipinski definition) is 0. The molecule has 0 unspecified atom stereocenters. The Morgan fingerprint density at radius 1 is 1.16 bits per heavy atom. The average Bonchev–Trinajstić information content (AvgIpc) is 3.37. The second-order valence-electron chi connectivity index (χ2n) is 8.99. The summed E-state index contributed by atoms with van der Waals surface area (Å²) in [6.07, 6.45) is 2.93. The zero-order valence-electron chi connectivity index (χ0n) is 18.2. The van der Waals surface area contributed by atoms with Crippen molar-refractivity contribution < 1.29 is 9.53 Å². The minimum absolute atomic E-state index is 0.279. The van der Waals surface area contributed by atoms with Crippen LogP contribution in [0, 0.1) is 5.92 Å². The van der Waals surface area contributed by atoms with Crippen molar-refractivity contribution >= 4 is 11.6 Å². The summed E-state index contributed by atoms with van der Waals surface area (Å²) in [6, 6.07) is 12.7. The summed E-state index contributed by atoms with van der Waals surface area (Å²) in [6.45, 7) is 5.90. The number of morpholine rings is 1. The van der Waals surface area contributed by atoms with Crippen LogP contribution in [0.1, 0.15) is 34.7 Å². The molecule has 3 aliphatic heterocycles. The molecular weight excluding hydrogens is 388 g/mol. The zero-order chi connectivity index (χ0) is 21.2. The summed E-state index contributed by atoms with van der Waals surface area (Å²) in [4.78, 5) is 26.9. The van der Waals surface area contributed by atoms with Crippen molar-refractivity contribution in [2.24, 2.45) is 10.9 Å². The van der Waals surface area contributed by atoms with Crippen molar-refractivity contribution in [1.82, 2.24) is 14.8 Å². The van der Waals surface area contributed by atoms with Crippen molar-refractivity contribution in [1.29, 1.82) is 0 Å². The number of nitrogens with zero attached hydrogens (tertiary/aromatic N) is 4. The molecule has 0 N–H and O–H groups in total. The summed E-state index contributed by atoms with van der Waals surface area (Å²) < 4.78 is 5.45. The van der Waals surface area contributed by atoms with Gasteiger partial charge in [0.25, 0.3) is 0 Å². The second kappa shape index (κ2) is 8.89. The maximum absolute atomic E-state index is 13.0. The number of Topliss-reactive ketones (excluding diaryl/α,β-unsaturated/α-hetero) is 1. The van der Waals surface area contributed by atoms with E-state index in [9.17, 15) is 4.79 Å². The number of likely N-dealkylation sites (tertiary alicyclic amines) is 1. The van der Waals surface area contributed by atoms with Gasteiger partial charge in [0.2, 0.25) is 0 Å². The number of carbonyl (C=O) groups excluding carboxylic acids is 1. The number of likely N-dealkylation sites (N-methyl/N-ethyl adjacent to an activating group) is 1. The summed E-state index contributed by atoms with van der Waals surface area (Å²) in [5, 5.41) is 0. The van der Waals surface area contributed by atoms with Crippen LogP contribution in [0.4, 0.5) is 0 Å². The Labute approximate surface area is 183 Å². The third kappa shape index (κ3) is 4.41. The van der Waals surface area contributed by atoms with E-state index in [2.05, 4.69) is 58.2 Å². The van der Waals surface area contributed by atoms with Crippen LogP contribution in [-0.4, -0.2) is 72.8 Å². The number of carbonyl (C=O) groups is 1. The van der Waals surface area contributed by atoms with E-state index >= 15 is 0 Å². The number of aromatic nitrogens is 1. The first kappa shape index (κ1) is 20.3. The monoisotopic (exact) mass is 418 g/mol. The van der Waals surface area contributed by atoms with E-state index < -0.39 is 0 Å². The van der Waals surface area contributed by atoms with Crippen LogP contribution < -0.4 is 0 Å². The molecule has 2 fully saturated rings. The standard InChI is InChI=1S/C25H30N4O2/c1-28-16-20(24(17-28)18-5-3-2-4-6-18)12-22(30)13-21-11-19-14-27-25(23(19)15-26-21)29-7-9-31-10-8-29/h2-6,11,15,20,24H,7-10,12-14,16-17H2,1H3/t20-,24+/m1/s1. The van der Waals surface area contributed by atoms with Gasteiger partial charge < -0.3 is 14.5 Å². The Kier molecular flexibility index (Phi) is 5.83. The number of amidine groups is 1. The minimum atomic E-state index is 0.279. The summed E-state index contributed by atoms with van der Waals surface area (Å²) in [5.41, 5.74) is 4.50. The number of benzene rings is 1. The van der Waals surface area contributed by atoms with E-state index in [0.717, 1.165) is 56.5 Å². The van der Waals surface area contributed by atoms with Gasteiger partial charge in [-0.05, 0) is 30.2 Å². The fourth-order valence-electron chi connectivity index (χ4n) is 5.20. The molecule has 4 heterocycles. The molecule has 0 radical (unpaired) electrons. The van der Waals surface area contributed by atoms with Gasteiger partial charge in [-0.25, -0.2) is 0 Å². The van der Waals surface area contributed by atoms with Crippen LogP contribution in [0.15, 0.2) is 47.6 Å². The molecule has 5 rings (SSSR count). The lowest BCUT2D eigenvalue weighted by atomic mass is 9.85. The van der Waals surface area contributed by atoms with E-state index in [1.54, 1.807) is 0 Å². The zero-order valence-corrected chi connectivity index (χ0v) is 18.2. The SMILES string of the molecule is CN1C[C@@H](CC(=O)Cc2cc3c(cn2)C(N2CCOCC2)=NC3)[C@H](c2ccccc2)C1. The first-order valence-corrected chi connectivity index (χ1v) is 11.3. The molecule has 0 saturated carbocycles. The highest BCUT2D eigenvalue weighted by Crippen LogP contribution is 2.34. The number of ketones is 1. The van der Waals surface area contributed by atoms with Crippen molar-refractivity contribution in [3.8, 4) is 0 Å². The molecule has 0 spiro atoms. The third-order valence-electron chi connectivity index (χ3n) is 6.72. The van der Waals surface area contributed by atoms with Crippen molar-refractivity contribution in [3.63, 3.8) is 0 Å². The van der Waals surface area contributed by atoms with Crippen molar-refractivity contribution in [3.05, 3.63) is 65.0 Å². The van der Waals surface area contributed by atoms with Gasteiger partial charge in [-0.15, -0.1) is 0 Å². The van der Waals surface area contributed by atoms with Gasteiger partial charge in [-0.1, -0.05) is 30.3 Å². The molecule has 1 aromatic heterocycles. The molecule has 3 aliphatic rings. The third-order valence-corrected chi connectivity index (χ3v) is 6.72. The average molecular weight is 419 g/mol. The highest BCUT2D eigenvalue weighted by atomic mass is 16.5. The van der Waals surface area contributed by atoms with Crippen LogP contribution in [0.25, 0.3) is 0 Å². The van der Waals surface area contributed by atoms with Crippen LogP contribution in [0.3, 0.4) is 0 Å². The van der Waals surface area contributed by atoms with Crippen LogP contribution in [0.5, 0.6) is 0 Å². The highest BCUT2D eigenvalue weighted by molar-refractivity contribution is 6.01. The van der Waals surface area contributed by atoms with E-state index in [1.807, 2.05) is 6.20 Å². The van der Waals surface area contributed by atoms with Crippen molar-refractivity contribution in [2.75, 3.05) is 46.4 Å². The normalized spacial score (nSPS) is 23.6. The maximum atomic E-state index is 13.0. The molecule has 162 valence electrons. The van der Waals surface area contributed by atoms with Gasteiger partial charge in [0, 0.05) is 62.4 Å². The Hall–Kier alpha value is -2.57. The Morgan fingerprint density at radius 3 is 2.77 bits per heavy atom. The van der Waals surface area contributed by atoms with E-state index in [0.29, 0.717) is 31.2 Å². The molecule has 0 amide bonds. The molecule has 2 aromatic rings. The molecule has 1 aromatic carbocycles. The molecule has 2 atom stereocenters. The van der Waals surface area contributed by atoms with Gasteiger partial charge in [0.05, 0.1) is 19.8 Å². The number of hydrogen-bond acceptors (Lipinski definition) is 6. The van der Waals surface area contributed by atoms with E-state index in [1.165, 1.54) is 11.1 Å². The van der Waals surface area contributed by atoms with Gasteiger partial charge in [-0.3, -0.25) is 14.8 Å². The van der Waals surface area contributed by atoms with Gasteiger partial charge in [0.1, 0.15) is 11.6 Å². The molecular formula is C25H30N4O2. The summed E-state index contributed by atoms with van der Waals surface area (Å²) >= 11 is 0. The number of pyridine rings is 1. The smallest absolute Gasteiger partial charge is 0.139 e. The van der Waals surface area contributed by atoms with Crippen molar-refractivity contribution in [2.45, 2.75) is 25.3 Å². The lowest BCUT2D eigenvalue weighted by molar-refractivity contribution is -0.119. The topological polar surface area (TPSA) is 58.0 Å². The highest BCUT2D eigenvalue weighted by Gasteiger charge is 2.33. The lowest BCUT2D eigenvalue weighted by Gasteiger charge is -2.28. The second-order valence-corrected chi connectivity index (χ2v) is 8.99. The Balaban J connectivity index is 1.23. The molecule has 6 heteroatoms. The fraction of sp³-hybridized carbons (Fsp3) is 0.480. The number of fused-ring (bicyclic) bond motifs is 1. The molecule has 6 nitrogen and oxygen atoms in total. The number of ether oxygens (including phenoxy) is 1. The fourth-order valence-corrected chi connectivity index (χ4v) is 5.20. The largest absolute Gasteiger partial charge is 0.378 e. The quantitative estimate of drug-likeness (QED) is 0.747. The minimum Gasteiger partial charge on any atom is -0.378 e. The Bertz CT molecular complexity index is 969. The maximum Gasteiger partial charge on any atom is 0.139 e. The lowest BCUT2D eigenvalue weighted by Crippen LogP contribution is -2.40. The van der Waals surface area contributed by atoms with Crippen LogP contribution >= 0.6 is 0 Å². The van der Waals surface area contributed by atoms with Crippen LogP contribution in [0.2, 0.25) is 0 Å². The molecule has 31 heavy (non-hydrogen) atoms. The van der Waals surface area contributed by atoms with Gasteiger partial charge >= 0.3 is 0 Å². The summed E-state index contributed by atoms with van der Waals surface area (Å²) in [7, 11) is 2.15. The first-order valence-electron chi connectivity index (χ1n) is 11.3. The van der Waals surface area contributed by atoms with Crippen LogP contribution in [-0.2, 0) is 22.5 Å². The number of rotatable bonds is 5. The summed E-state index contributed by atoms with van der Waals surface area (Å²) in [5.74, 6) is 2.10. The van der Waals surface area contributed by atoms with E-state index in [4.69, 9.17) is 9.73 Å². The molecule has 0 bridgehead atoms. The Morgan fingerprint density at radius 2 is 1.97 bits per heavy atom. The number of aliphatic imine (C=N–C) groups is 1. The predicted molar refractivity (Wildman–Crippen MR) is 120 cm³/mol. The first-order chi connectivity index (χ1) is 15.2. The predicted octanol–water partition coefficient (Wildman–Crippen LogP) is 2.52. The molecule has 2 saturated heterocycles.